The molecule has 2 N–H and O–H groups in total. The molecule has 27 heavy (non-hydrogen) atoms. The van der Waals surface area contributed by atoms with Crippen LogP contribution in [-0.2, 0) is 4.79 Å². The van der Waals surface area contributed by atoms with Gasteiger partial charge in [0.1, 0.15) is 0 Å². The van der Waals surface area contributed by atoms with E-state index in [0.717, 1.165) is 17.5 Å². The van der Waals surface area contributed by atoms with E-state index in [1.165, 1.54) is 4.90 Å². The Balaban J connectivity index is 1.86. The highest BCUT2D eigenvalue weighted by Gasteiger charge is 2.38. The lowest BCUT2D eigenvalue weighted by atomic mass is 10.1. The summed E-state index contributed by atoms with van der Waals surface area (Å²) in [5.74, 6) is -0.451. The zero-order chi connectivity index (χ0) is 19.7. The number of nitrogens with one attached hydrogen (secondary N) is 1. The van der Waals surface area contributed by atoms with Gasteiger partial charge in [-0.1, -0.05) is 26.0 Å². The molecule has 9 heteroatoms. The third-order valence-corrected chi connectivity index (χ3v) is 4.94. The van der Waals surface area contributed by atoms with Gasteiger partial charge in [0.25, 0.3) is 0 Å². The fraction of sp³-hybridized carbons (Fsp3) is 0.500. The number of carboxylic acid groups (broad SMARTS) is 1. The van der Waals surface area contributed by atoms with Crippen molar-refractivity contribution >= 4 is 17.7 Å². The molecule has 1 aromatic heterocycles. The van der Waals surface area contributed by atoms with Gasteiger partial charge < -0.3 is 15.3 Å². The SMILES string of the molecule is Cc1cccc(-c2nnnn2[C@@H]2C[C@H]2C)c1NC(=O)N(C)CC(C)C(=O)O. The number of benzene rings is 1. The number of aromatic nitrogens is 4. The van der Waals surface area contributed by atoms with Crippen LogP contribution < -0.4 is 5.32 Å². The van der Waals surface area contributed by atoms with Gasteiger partial charge in [-0.25, -0.2) is 9.48 Å². The fourth-order valence-electron chi connectivity index (χ4n) is 3.03. The zero-order valence-electron chi connectivity index (χ0n) is 15.9. The second kappa shape index (κ2) is 7.34. The standard InChI is InChI=1S/C18H24N6O3/c1-10-6-5-7-13(16-20-21-22-24(16)14-8-11(14)2)15(10)19-18(27)23(4)9-12(3)17(25)26/h5-7,11-12,14H,8-9H2,1-4H3,(H,19,27)(H,25,26)/t11-,12?,14-/m1/s1. The Morgan fingerprint density at radius 1 is 1.44 bits per heavy atom. The van der Waals surface area contributed by atoms with E-state index in [4.69, 9.17) is 5.11 Å². The van der Waals surface area contributed by atoms with E-state index >= 15 is 0 Å². The molecular weight excluding hydrogens is 348 g/mol. The molecule has 1 fully saturated rings. The van der Waals surface area contributed by atoms with Crippen molar-refractivity contribution < 1.29 is 14.7 Å². The monoisotopic (exact) mass is 372 g/mol. The van der Waals surface area contributed by atoms with Gasteiger partial charge in [0.2, 0.25) is 0 Å². The molecule has 0 spiro atoms. The molecule has 1 aliphatic rings. The molecule has 0 radical (unpaired) electrons. The number of amides is 2. The van der Waals surface area contributed by atoms with Gasteiger partial charge in [-0.3, -0.25) is 4.79 Å². The summed E-state index contributed by atoms with van der Waals surface area (Å²) >= 11 is 0. The Kier molecular flexibility index (Phi) is 5.11. The predicted octanol–water partition coefficient (Wildman–Crippen LogP) is 2.41. The minimum Gasteiger partial charge on any atom is -0.481 e. The number of rotatable bonds is 6. The first-order valence-electron chi connectivity index (χ1n) is 8.92. The van der Waals surface area contributed by atoms with Gasteiger partial charge in [0.15, 0.2) is 5.82 Å². The highest BCUT2D eigenvalue weighted by Crippen LogP contribution is 2.44. The summed E-state index contributed by atoms with van der Waals surface area (Å²) in [5.41, 5.74) is 2.24. The van der Waals surface area contributed by atoms with E-state index in [2.05, 4.69) is 27.8 Å². The van der Waals surface area contributed by atoms with Crippen molar-refractivity contribution in [2.24, 2.45) is 11.8 Å². The Labute approximate surface area is 157 Å². The predicted molar refractivity (Wildman–Crippen MR) is 99.3 cm³/mol. The van der Waals surface area contributed by atoms with E-state index in [9.17, 15) is 9.59 Å². The first-order chi connectivity index (χ1) is 12.8. The molecule has 1 aromatic carbocycles. The smallest absolute Gasteiger partial charge is 0.321 e. The lowest BCUT2D eigenvalue weighted by Crippen LogP contribution is -2.36. The number of anilines is 1. The third kappa shape index (κ3) is 3.91. The molecule has 1 unspecified atom stereocenters. The van der Waals surface area contributed by atoms with Crippen molar-refractivity contribution in [2.75, 3.05) is 18.9 Å². The molecule has 0 aliphatic heterocycles. The second-order valence-corrected chi connectivity index (χ2v) is 7.27. The third-order valence-electron chi connectivity index (χ3n) is 4.94. The summed E-state index contributed by atoms with van der Waals surface area (Å²) in [5, 5.41) is 24.0. The van der Waals surface area contributed by atoms with Crippen LogP contribution in [0.15, 0.2) is 18.2 Å². The van der Waals surface area contributed by atoms with Gasteiger partial charge in [0.05, 0.1) is 17.6 Å². The number of carbonyl (C=O) groups excluding carboxylic acids is 1. The van der Waals surface area contributed by atoms with Gasteiger partial charge in [0, 0.05) is 19.2 Å². The number of hydrogen-bond acceptors (Lipinski definition) is 5. The molecule has 3 atom stereocenters. The number of carboxylic acids is 1. The van der Waals surface area contributed by atoms with Crippen LogP contribution >= 0.6 is 0 Å². The number of urea groups is 1. The number of carbonyl (C=O) groups is 2. The highest BCUT2D eigenvalue weighted by molar-refractivity contribution is 5.95. The van der Waals surface area contributed by atoms with Crippen molar-refractivity contribution in [3.05, 3.63) is 23.8 Å². The second-order valence-electron chi connectivity index (χ2n) is 7.27. The number of aryl methyl sites for hydroxylation is 1. The summed E-state index contributed by atoms with van der Waals surface area (Å²) in [6.45, 7) is 5.72. The van der Waals surface area contributed by atoms with Crippen LogP contribution in [0, 0.1) is 18.8 Å². The molecule has 2 aromatic rings. The van der Waals surface area contributed by atoms with Crippen molar-refractivity contribution in [2.45, 2.75) is 33.2 Å². The number of para-hydroxylation sites is 1. The van der Waals surface area contributed by atoms with Crippen molar-refractivity contribution in [1.29, 1.82) is 0 Å². The number of hydrogen-bond donors (Lipinski definition) is 2. The molecule has 0 saturated heterocycles. The van der Waals surface area contributed by atoms with Crippen LogP contribution in [0.2, 0.25) is 0 Å². The highest BCUT2D eigenvalue weighted by atomic mass is 16.4. The van der Waals surface area contributed by atoms with Crippen LogP contribution in [0.3, 0.4) is 0 Å². The van der Waals surface area contributed by atoms with Crippen molar-refractivity contribution in [1.82, 2.24) is 25.1 Å². The van der Waals surface area contributed by atoms with Crippen LogP contribution in [0.4, 0.5) is 10.5 Å². The first kappa shape index (κ1) is 18.8. The Morgan fingerprint density at radius 3 is 2.78 bits per heavy atom. The number of tetrazole rings is 1. The molecule has 9 nitrogen and oxygen atoms in total. The Morgan fingerprint density at radius 2 is 2.15 bits per heavy atom. The van der Waals surface area contributed by atoms with E-state index in [-0.39, 0.29) is 18.6 Å². The summed E-state index contributed by atoms with van der Waals surface area (Å²) in [6, 6.07) is 5.56. The summed E-state index contributed by atoms with van der Waals surface area (Å²) in [6.07, 6.45) is 1.03. The lowest BCUT2D eigenvalue weighted by molar-refractivity contribution is -0.141. The van der Waals surface area contributed by atoms with Gasteiger partial charge in [-0.15, -0.1) is 5.10 Å². The lowest BCUT2D eigenvalue weighted by Gasteiger charge is -2.22. The molecule has 144 valence electrons. The van der Waals surface area contributed by atoms with Crippen LogP contribution in [-0.4, -0.2) is 55.8 Å². The average Bonchev–Trinajstić information content (AvgIpc) is 3.15. The molecule has 1 heterocycles. The number of nitrogens with zero attached hydrogens (tertiary/aromatic N) is 5. The molecule has 2 amide bonds. The molecule has 1 aliphatic carbocycles. The first-order valence-corrected chi connectivity index (χ1v) is 8.92. The minimum absolute atomic E-state index is 0.111. The minimum atomic E-state index is -0.941. The number of aliphatic carboxylic acids is 1. The maximum atomic E-state index is 12.6. The Hall–Kier alpha value is -2.97. The van der Waals surface area contributed by atoms with Gasteiger partial charge >= 0.3 is 12.0 Å². The van der Waals surface area contributed by atoms with Crippen LogP contribution in [0.25, 0.3) is 11.4 Å². The molecule has 0 bridgehead atoms. The topological polar surface area (TPSA) is 113 Å². The maximum Gasteiger partial charge on any atom is 0.321 e. The normalized spacial score (nSPS) is 19.4. The largest absolute Gasteiger partial charge is 0.481 e. The molecular formula is C18H24N6O3. The maximum absolute atomic E-state index is 12.6. The average molecular weight is 372 g/mol. The van der Waals surface area contributed by atoms with Crippen LogP contribution in [0.5, 0.6) is 0 Å². The quantitative estimate of drug-likeness (QED) is 0.805. The summed E-state index contributed by atoms with van der Waals surface area (Å²) in [4.78, 5) is 25.0. The van der Waals surface area contributed by atoms with Crippen LogP contribution in [0.1, 0.15) is 31.9 Å². The van der Waals surface area contributed by atoms with E-state index in [0.29, 0.717) is 17.4 Å². The van der Waals surface area contributed by atoms with Gasteiger partial charge in [-0.05, 0) is 41.3 Å². The fourth-order valence-corrected chi connectivity index (χ4v) is 3.03. The van der Waals surface area contributed by atoms with E-state index in [1.807, 2.05) is 29.8 Å². The van der Waals surface area contributed by atoms with E-state index < -0.39 is 11.9 Å². The van der Waals surface area contributed by atoms with Gasteiger partial charge in [-0.2, -0.15) is 0 Å². The molecule has 3 rings (SSSR count). The summed E-state index contributed by atoms with van der Waals surface area (Å²) in [7, 11) is 1.57. The summed E-state index contributed by atoms with van der Waals surface area (Å²) < 4.78 is 1.81. The van der Waals surface area contributed by atoms with Crippen molar-refractivity contribution in [3.8, 4) is 11.4 Å². The van der Waals surface area contributed by atoms with Crippen molar-refractivity contribution in [3.63, 3.8) is 0 Å². The molecule has 1 saturated carbocycles. The van der Waals surface area contributed by atoms with E-state index in [1.54, 1.807) is 14.0 Å². The zero-order valence-corrected chi connectivity index (χ0v) is 15.9. The Bertz CT molecular complexity index is 865.